The Labute approximate surface area is 152 Å². The summed E-state index contributed by atoms with van der Waals surface area (Å²) in [4.78, 5) is 29.7. The summed E-state index contributed by atoms with van der Waals surface area (Å²) in [6.45, 7) is 1.94. The smallest absolute Gasteiger partial charge is 0.269 e. The van der Waals surface area contributed by atoms with Gasteiger partial charge in [-0.15, -0.1) is 0 Å². The van der Waals surface area contributed by atoms with E-state index in [4.69, 9.17) is 0 Å². The molecule has 2 amide bonds. The molecule has 6 nitrogen and oxygen atoms in total. The largest absolute Gasteiger partial charge is 0.378 e. The van der Waals surface area contributed by atoms with Crippen LogP contribution in [0.3, 0.4) is 0 Å². The third-order valence-electron chi connectivity index (χ3n) is 4.30. The van der Waals surface area contributed by atoms with Gasteiger partial charge >= 0.3 is 0 Å². The summed E-state index contributed by atoms with van der Waals surface area (Å²) in [5, 5.41) is 1.02. The van der Waals surface area contributed by atoms with Crippen LogP contribution < -0.4 is 15.8 Å². The number of hydrogen-bond acceptors (Lipinski definition) is 3. The van der Waals surface area contributed by atoms with E-state index in [1.165, 1.54) is 0 Å². The molecule has 3 rings (SSSR count). The second kappa shape index (κ2) is 7.31. The van der Waals surface area contributed by atoms with Crippen LogP contribution in [0.2, 0.25) is 0 Å². The predicted molar refractivity (Wildman–Crippen MR) is 103 cm³/mol. The summed E-state index contributed by atoms with van der Waals surface area (Å²) < 4.78 is 0. The predicted octanol–water partition coefficient (Wildman–Crippen LogP) is 2.55. The number of anilines is 1. The third kappa shape index (κ3) is 3.69. The van der Waals surface area contributed by atoms with Gasteiger partial charge in [-0.1, -0.05) is 24.3 Å². The van der Waals surface area contributed by atoms with Crippen LogP contribution in [0.4, 0.5) is 5.69 Å². The van der Waals surface area contributed by atoms with Crippen molar-refractivity contribution in [1.29, 1.82) is 0 Å². The number of carbonyl (C=O) groups excluding carboxylic acids is 2. The Morgan fingerprint density at radius 3 is 2.58 bits per heavy atom. The van der Waals surface area contributed by atoms with Crippen molar-refractivity contribution < 1.29 is 9.59 Å². The summed E-state index contributed by atoms with van der Waals surface area (Å²) in [5.41, 5.74) is 9.25. The number of amides is 2. The molecule has 1 aromatic heterocycles. The standard InChI is InChI=1S/C20H22N4O2/c1-13-17(16-9-4-5-10-18(16)21-13)12-19(25)22-23-20(26)14-7-6-8-15(11-14)24(2)3/h4-11,21H,12H2,1-3H3,(H,22,25)(H,23,26). The molecule has 6 heteroatoms. The van der Waals surface area contributed by atoms with E-state index in [-0.39, 0.29) is 18.2 Å². The molecule has 0 radical (unpaired) electrons. The fourth-order valence-corrected chi connectivity index (χ4v) is 2.89. The highest BCUT2D eigenvalue weighted by Gasteiger charge is 2.13. The quantitative estimate of drug-likeness (QED) is 0.633. The first-order valence-electron chi connectivity index (χ1n) is 8.38. The highest BCUT2D eigenvalue weighted by molar-refractivity contribution is 5.97. The van der Waals surface area contributed by atoms with Crippen LogP contribution in [0.25, 0.3) is 10.9 Å². The van der Waals surface area contributed by atoms with Gasteiger partial charge in [-0.25, -0.2) is 0 Å². The van der Waals surface area contributed by atoms with Crippen molar-refractivity contribution in [3.63, 3.8) is 0 Å². The molecule has 1 heterocycles. The molecule has 3 aromatic rings. The van der Waals surface area contributed by atoms with E-state index in [1.54, 1.807) is 18.2 Å². The number of nitrogens with zero attached hydrogens (tertiary/aromatic N) is 1. The van der Waals surface area contributed by atoms with Crippen molar-refractivity contribution in [3.05, 3.63) is 65.4 Å². The zero-order chi connectivity index (χ0) is 18.7. The van der Waals surface area contributed by atoms with Gasteiger partial charge in [0.1, 0.15) is 0 Å². The van der Waals surface area contributed by atoms with Crippen LogP contribution in [0.5, 0.6) is 0 Å². The SMILES string of the molecule is Cc1[nH]c2ccccc2c1CC(=O)NNC(=O)c1cccc(N(C)C)c1. The van der Waals surface area contributed by atoms with E-state index in [2.05, 4.69) is 15.8 Å². The van der Waals surface area contributed by atoms with Crippen LogP contribution in [0.15, 0.2) is 48.5 Å². The fourth-order valence-electron chi connectivity index (χ4n) is 2.89. The Balaban J connectivity index is 1.64. The highest BCUT2D eigenvalue weighted by Crippen LogP contribution is 2.22. The number of aromatic nitrogens is 1. The first kappa shape index (κ1) is 17.5. The molecular formula is C20H22N4O2. The number of benzene rings is 2. The average molecular weight is 350 g/mol. The van der Waals surface area contributed by atoms with Gasteiger partial charge in [0, 0.05) is 41.9 Å². The lowest BCUT2D eigenvalue weighted by Gasteiger charge is -2.13. The number of hydrogen-bond donors (Lipinski definition) is 3. The third-order valence-corrected chi connectivity index (χ3v) is 4.30. The van der Waals surface area contributed by atoms with Crippen molar-refractivity contribution >= 4 is 28.4 Å². The number of para-hydroxylation sites is 1. The van der Waals surface area contributed by atoms with Gasteiger partial charge in [-0.3, -0.25) is 20.4 Å². The normalized spacial score (nSPS) is 10.6. The zero-order valence-electron chi connectivity index (χ0n) is 15.1. The Hall–Kier alpha value is -3.28. The van der Waals surface area contributed by atoms with E-state index >= 15 is 0 Å². The minimum Gasteiger partial charge on any atom is -0.378 e. The lowest BCUT2D eigenvalue weighted by atomic mass is 10.1. The maximum Gasteiger partial charge on any atom is 0.269 e. The van der Waals surface area contributed by atoms with Gasteiger partial charge < -0.3 is 9.88 Å². The first-order valence-corrected chi connectivity index (χ1v) is 8.38. The summed E-state index contributed by atoms with van der Waals surface area (Å²) in [6.07, 6.45) is 0.188. The first-order chi connectivity index (χ1) is 12.5. The lowest BCUT2D eigenvalue weighted by Crippen LogP contribution is -2.42. The van der Waals surface area contributed by atoms with E-state index in [0.717, 1.165) is 27.8 Å². The summed E-state index contributed by atoms with van der Waals surface area (Å²) >= 11 is 0. The number of nitrogens with one attached hydrogen (secondary N) is 3. The van der Waals surface area contributed by atoms with E-state index < -0.39 is 0 Å². The average Bonchev–Trinajstić information content (AvgIpc) is 2.95. The van der Waals surface area contributed by atoms with Crippen LogP contribution in [-0.4, -0.2) is 30.9 Å². The van der Waals surface area contributed by atoms with Gasteiger partial charge in [-0.2, -0.15) is 0 Å². The molecule has 0 bridgehead atoms. The molecule has 0 aliphatic heterocycles. The maximum absolute atomic E-state index is 12.3. The van der Waals surface area contributed by atoms with Crippen LogP contribution in [0.1, 0.15) is 21.6 Å². The Morgan fingerprint density at radius 2 is 1.81 bits per heavy atom. The number of fused-ring (bicyclic) bond motifs is 1. The topological polar surface area (TPSA) is 77.2 Å². The number of hydrazine groups is 1. The van der Waals surface area contributed by atoms with Gasteiger partial charge in [0.05, 0.1) is 6.42 Å². The van der Waals surface area contributed by atoms with Crippen molar-refractivity contribution in [2.75, 3.05) is 19.0 Å². The molecule has 0 fully saturated rings. The Morgan fingerprint density at radius 1 is 1.04 bits per heavy atom. The number of carbonyl (C=O) groups is 2. The molecular weight excluding hydrogens is 328 g/mol. The molecule has 0 spiro atoms. The molecule has 134 valence electrons. The number of aryl methyl sites for hydroxylation is 1. The minimum absolute atomic E-state index is 0.188. The molecule has 0 aliphatic rings. The molecule has 0 saturated carbocycles. The van der Waals surface area contributed by atoms with Crippen molar-refractivity contribution in [2.24, 2.45) is 0 Å². The van der Waals surface area contributed by atoms with Gasteiger partial charge in [0.15, 0.2) is 0 Å². The van der Waals surface area contributed by atoms with Crippen LogP contribution >= 0.6 is 0 Å². The van der Waals surface area contributed by atoms with Gasteiger partial charge in [-0.05, 0) is 36.8 Å². The minimum atomic E-state index is -0.349. The van der Waals surface area contributed by atoms with E-state index in [1.807, 2.05) is 56.3 Å². The molecule has 0 unspecified atom stereocenters. The van der Waals surface area contributed by atoms with Crippen molar-refractivity contribution in [1.82, 2.24) is 15.8 Å². The maximum atomic E-state index is 12.3. The van der Waals surface area contributed by atoms with Crippen LogP contribution in [0, 0.1) is 6.92 Å². The monoisotopic (exact) mass is 350 g/mol. The molecule has 2 aromatic carbocycles. The van der Waals surface area contributed by atoms with Gasteiger partial charge in [0.2, 0.25) is 5.91 Å². The fraction of sp³-hybridized carbons (Fsp3) is 0.200. The van der Waals surface area contributed by atoms with Crippen LogP contribution in [-0.2, 0) is 11.2 Å². The second-order valence-electron chi connectivity index (χ2n) is 6.40. The molecule has 0 aliphatic carbocycles. The number of H-pyrrole nitrogens is 1. The number of rotatable bonds is 4. The van der Waals surface area contributed by atoms with Gasteiger partial charge in [0.25, 0.3) is 5.91 Å². The summed E-state index contributed by atoms with van der Waals surface area (Å²) in [5.74, 6) is -0.618. The molecule has 26 heavy (non-hydrogen) atoms. The van der Waals surface area contributed by atoms with E-state index in [9.17, 15) is 9.59 Å². The molecule has 0 saturated heterocycles. The molecule has 3 N–H and O–H groups in total. The van der Waals surface area contributed by atoms with Crippen molar-refractivity contribution in [2.45, 2.75) is 13.3 Å². The summed E-state index contributed by atoms with van der Waals surface area (Å²) in [7, 11) is 3.81. The Bertz CT molecular complexity index is 959. The second-order valence-corrected chi connectivity index (χ2v) is 6.40. The zero-order valence-corrected chi connectivity index (χ0v) is 15.1. The summed E-state index contributed by atoms with van der Waals surface area (Å²) in [6, 6.07) is 15.0. The number of aromatic amines is 1. The van der Waals surface area contributed by atoms with Crippen molar-refractivity contribution in [3.8, 4) is 0 Å². The Kier molecular flexibility index (Phi) is 4.93. The lowest BCUT2D eigenvalue weighted by molar-refractivity contribution is -0.121. The van der Waals surface area contributed by atoms with E-state index in [0.29, 0.717) is 5.56 Å². The highest BCUT2D eigenvalue weighted by atomic mass is 16.2. The molecule has 0 atom stereocenters.